The van der Waals surface area contributed by atoms with E-state index in [0.29, 0.717) is 17.4 Å². The monoisotopic (exact) mass is 290 g/mol. The van der Waals surface area contributed by atoms with Crippen LogP contribution in [0, 0.1) is 5.92 Å². The van der Waals surface area contributed by atoms with E-state index in [2.05, 4.69) is 0 Å². The van der Waals surface area contributed by atoms with Gasteiger partial charge in [0.2, 0.25) is 0 Å². The molecule has 1 heterocycles. The van der Waals surface area contributed by atoms with Crippen molar-refractivity contribution in [3.63, 3.8) is 0 Å². The highest BCUT2D eigenvalue weighted by atomic mass is 16.4. The lowest BCUT2D eigenvalue weighted by Gasteiger charge is -2.18. The molecule has 0 radical (unpaired) electrons. The normalized spacial score (nSPS) is 12.7. The van der Waals surface area contributed by atoms with Crippen LogP contribution in [-0.2, 0) is 4.79 Å². The number of carboxylic acids is 1. The Kier molecular flexibility index (Phi) is 4.31. The molecule has 0 bridgehead atoms. The highest BCUT2D eigenvalue weighted by Crippen LogP contribution is 2.35. The van der Waals surface area contributed by atoms with E-state index in [1.165, 1.54) is 0 Å². The molecule has 0 amide bonds. The zero-order chi connectivity index (χ0) is 15.6. The van der Waals surface area contributed by atoms with Gasteiger partial charge in [0.15, 0.2) is 0 Å². The Morgan fingerprint density at radius 2 is 1.95 bits per heavy atom. The molecule has 112 valence electrons. The fraction of sp³-hybridized carbons (Fsp3) is 0.375. The Labute approximate surface area is 121 Å². The average molecular weight is 290 g/mol. The first-order chi connectivity index (χ1) is 9.90. The van der Waals surface area contributed by atoms with Crippen molar-refractivity contribution in [1.29, 1.82) is 0 Å². The van der Waals surface area contributed by atoms with Crippen LogP contribution in [0.1, 0.15) is 38.2 Å². The molecule has 0 saturated heterocycles. The van der Waals surface area contributed by atoms with Crippen molar-refractivity contribution in [3.8, 4) is 5.75 Å². The highest BCUT2D eigenvalue weighted by Gasteiger charge is 2.25. The molecule has 0 fully saturated rings. The molecule has 0 spiro atoms. The summed E-state index contributed by atoms with van der Waals surface area (Å²) in [6.45, 7) is 3.88. The SMILES string of the molecule is CC(C)CC(CC(=O)O)c1c(O)c2ccccc2oc1=O. The Balaban J connectivity index is 2.61. The minimum Gasteiger partial charge on any atom is -0.507 e. The minimum atomic E-state index is -1.01. The number of benzene rings is 1. The summed E-state index contributed by atoms with van der Waals surface area (Å²) in [5.74, 6) is -1.55. The van der Waals surface area contributed by atoms with Crippen molar-refractivity contribution in [2.45, 2.75) is 32.6 Å². The van der Waals surface area contributed by atoms with Crippen LogP contribution in [0.3, 0.4) is 0 Å². The first-order valence-corrected chi connectivity index (χ1v) is 6.86. The van der Waals surface area contributed by atoms with Crippen molar-refractivity contribution < 1.29 is 19.4 Å². The van der Waals surface area contributed by atoms with Crippen LogP contribution in [0.15, 0.2) is 33.5 Å². The van der Waals surface area contributed by atoms with E-state index in [4.69, 9.17) is 9.52 Å². The summed E-state index contributed by atoms with van der Waals surface area (Å²) in [4.78, 5) is 23.2. The number of carbonyl (C=O) groups is 1. The van der Waals surface area contributed by atoms with E-state index >= 15 is 0 Å². The topological polar surface area (TPSA) is 87.7 Å². The van der Waals surface area contributed by atoms with Crippen molar-refractivity contribution in [3.05, 3.63) is 40.2 Å². The lowest BCUT2D eigenvalue weighted by Crippen LogP contribution is -2.17. The van der Waals surface area contributed by atoms with Crippen LogP contribution in [0.5, 0.6) is 5.75 Å². The molecule has 1 aromatic carbocycles. The first-order valence-electron chi connectivity index (χ1n) is 6.86. The molecule has 0 aliphatic heterocycles. The smallest absolute Gasteiger partial charge is 0.343 e. The van der Waals surface area contributed by atoms with Gasteiger partial charge in [-0.1, -0.05) is 26.0 Å². The largest absolute Gasteiger partial charge is 0.507 e. The molecule has 5 nitrogen and oxygen atoms in total. The minimum absolute atomic E-state index is 0.0600. The van der Waals surface area contributed by atoms with Crippen LogP contribution < -0.4 is 5.63 Å². The van der Waals surface area contributed by atoms with Gasteiger partial charge in [0.25, 0.3) is 0 Å². The predicted molar refractivity (Wildman–Crippen MR) is 78.6 cm³/mol. The van der Waals surface area contributed by atoms with Crippen LogP contribution in [0.25, 0.3) is 11.0 Å². The third-order valence-electron chi connectivity index (χ3n) is 3.41. The van der Waals surface area contributed by atoms with E-state index in [9.17, 15) is 14.7 Å². The predicted octanol–water partition coefficient (Wildman–Crippen LogP) is 3.10. The summed E-state index contributed by atoms with van der Waals surface area (Å²) in [6.07, 6.45) is 0.276. The van der Waals surface area contributed by atoms with Gasteiger partial charge in [0.05, 0.1) is 17.4 Å². The summed E-state index contributed by atoms with van der Waals surface area (Å²) >= 11 is 0. The molecule has 1 aromatic heterocycles. The van der Waals surface area contributed by atoms with Crippen molar-refractivity contribution in [2.24, 2.45) is 5.92 Å². The van der Waals surface area contributed by atoms with E-state index in [-0.39, 0.29) is 23.7 Å². The van der Waals surface area contributed by atoms with Crippen LogP contribution in [0.2, 0.25) is 0 Å². The molecule has 2 N–H and O–H groups in total. The van der Waals surface area contributed by atoms with Gasteiger partial charge in [0, 0.05) is 5.92 Å². The lowest BCUT2D eigenvalue weighted by molar-refractivity contribution is -0.137. The Hall–Kier alpha value is -2.30. The Bertz CT molecular complexity index is 714. The number of fused-ring (bicyclic) bond motifs is 1. The van der Waals surface area contributed by atoms with E-state index < -0.39 is 17.5 Å². The number of hydrogen-bond acceptors (Lipinski definition) is 4. The Morgan fingerprint density at radius 1 is 1.29 bits per heavy atom. The second kappa shape index (κ2) is 5.99. The van der Waals surface area contributed by atoms with E-state index in [1.807, 2.05) is 13.8 Å². The molecule has 1 atom stereocenters. The maximum Gasteiger partial charge on any atom is 0.343 e. The second-order valence-electron chi connectivity index (χ2n) is 5.57. The maximum absolute atomic E-state index is 12.1. The van der Waals surface area contributed by atoms with Gasteiger partial charge in [-0.2, -0.15) is 0 Å². The fourth-order valence-corrected chi connectivity index (χ4v) is 2.59. The number of hydrogen-bond donors (Lipinski definition) is 2. The molecule has 1 unspecified atom stereocenters. The lowest BCUT2D eigenvalue weighted by atomic mass is 9.87. The zero-order valence-corrected chi connectivity index (χ0v) is 12.0. The molecule has 21 heavy (non-hydrogen) atoms. The van der Waals surface area contributed by atoms with Gasteiger partial charge in [-0.25, -0.2) is 4.79 Å². The summed E-state index contributed by atoms with van der Waals surface area (Å²) in [7, 11) is 0. The van der Waals surface area contributed by atoms with Crippen molar-refractivity contribution >= 4 is 16.9 Å². The van der Waals surface area contributed by atoms with Crippen LogP contribution in [-0.4, -0.2) is 16.2 Å². The van der Waals surface area contributed by atoms with Gasteiger partial charge in [-0.15, -0.1) is 0 Å². The molecule has 2 rings (SSSR count). The van der Waals surface area contributed by atoms with Gasteiger partial charge in [-0.05, 0) is 24.5 Å². The maximum atomic E-state index is 12.1. The molecule has 2 aromatic rings. The zero-order valence-electron chi connectivity index (χ0n) is 12.0. The quantitative estimate of drug-likeness (QED) is 0.826. The summed E-state index contributed by atoms with van der Waals surface area (Å²) < 4.78 is 5.21. The number of aromatic hydroxyl groups is 1. The third kappa shape index (κ3) is 3.24. The molecule has 0 aliphatic carbocycles. The highest BCUT2D eigenvalue weighted by molar-refractivity contribution is 5.84. The van der Waals surface area contributed by atoms with Crippen molar-refractivity contribution in [1.82, 2.24) is 0 Å². The number of rotatable bonds is 5. The fourth-order valence-electron chi connectivity index (χ4n) is 2.59. The molecule has 0 saturated carbocycles. The Morgan fingerprint density at radius 3 is 2.57 bits per heavy atom. The van der Waals surface area contributed by atoms with Gasteiger partial charge >= 0.3 is 11.6 Å². The molecule has 5 heteroatoms. The van der Waals surface area contributed by atoms with Gasteiger partial charge < -0.3 is 14.6 Å². The summed E-state index contributed by atoms with van der Waals surface area (Å²) in [6, 6.07) is 6.66. The van der Waals surface area contributed by atoms with Gasteiger partial charge in [0.1, 0.15) is 11.3 Å². The van der Waals surface area contributed by atoms with Crippen molar-refractivity contribution in [2.75, 3.05) is 0 Å². The third-order valence-corrected chi connectivity index (χ3v) is 3.41. The first kappa shape index (κ1) is 15.1. The summed E-state index contributed by atoms with van der Waals surface area (Å²) in [5.41, 5.74) is -0.315. The molecular weight excluding hydrogens is 272 g/mol. The molecule has 0 aliphatic rings. The van der Waals surface area contributed by atoms with E-state index in [0.717, 1.165) is 0 Å². The number of aliphatic carboxylic acids is 1. The summed E-state index contributed by atoms with van der Waals surface area (Å²) in [5, 5.41) is 19.8. The second-order valence-corrected chi connectivity index (χ2v) is 5.57. The number of para-hydroxylation sites is 1. The average Bonchev–Trinajstić information content (AvgIpc) is 2.37. The number of carboxylic acid groups (broad SMARTS) is 1. The van der Waals surface area contributed by atoms with Gasteiger partial charge in [-0.3, -0.25) is 4.79 Å². The van der Waals surface area contributed by atoms with E-state index in [1.54, 1.807) is 24.3 Å². The standard InChI is InChI=1S/C16H18O5/c1-9(2)7-10(8-13(17)18)14-15(19)11-5-3-4-6-12(11)21-16(14)20/h3-6,9-10,19H,7-8H2,1-2H3,(H,17,18). The van der Waals surface area contributed by atoms with Crippen LogP contribution >= 0.6 is 0 Å². The molecular formula is C16H18O5. The van der Waals surface area contributed by atoms with Crippen LogP contribution in [0.4, 0.5) is 0 Å².